The lowest BCUT2D eigenvalue weighted by Crippen LogP contribution is -2.37. The first kappa shape index (κ1) is 36.4. The number of carbonyl (C=O) groups is 3. The summed E-state index contributed by atoms with van der Waals surface area (Å²) in [7, 11) is -4.31. The summed E-state index contributed by atoms with van der Waals surface area (Å²) >= 11 is 17.3. The fourth-order valence-corrected chi connectivity index (χ4v) is 6.61. The molecule has 0 saturated carbocycles. The molecule has 3 aromatic carbocycles. The number of aliphatic hydroxyl groups excluding tert-OH is 1. The lowest BCUT2D eigenvalue weighted by molar-refractivity contribution is -0.132. The maximum absolute atomic E-state index is 12.9. The van der Waals surface area contributed by atoms with Gasteiger partial charge < -0.3 is 15.3 Å². The Morgan fingerprint density at radius 2 is 1.69 bits per heavy atom. The largest absolute Gasteiger partial charge is 0.384 e. The molecular formula is C32H37Cl2N3O6S2. The van der Waals surface area contributed by atoms with E-state index in [2.05, 4.69) is 17.9 Å². The molecule has 2 atom stereocenters. The van der Waals surface area contributed by atoms with E-state index in [1.54, 1.807) is 41.3 Å². The number of hydrogen-bond donors (Lipinski definition) is 4. The SMILES string of the molecule is CCCC(=O)N(CCC(=O)NCC(S)Cc1cccc(Cl)c1)Cc1ccc(-c2ccccc2S(=O)(=O)NC(=O)C(C)O)c(Cl)c1. The molecule has 3 amide bonds. The summed E-state index contributed by atoms with van der Waals surface area (Å²) in [6.07, 6.45) is 0.175. The van der Waals surface area contributed by atoms with Gasteiger partial charge in [0.2, 0.25) is 11.8 Å². The van der Waals surface area contributed by atoms with E-state index in [0.717, 1.165) is 12.5 Å². The van der Waals surface area contributed by atoms with Gasteiger partial charge in [0, 0.05) is 58.9 Å². The Hall–Kier alpha value is -3.09. The number of halogens is 2. The van der Waals surface area contributed by atoms with Crippen LogP contribution in [-0.2, 0) is 37.4 Å². The van der Waals surface area contributed by atoms with Crippen LogP contribution in [0.15, 0.2) is 71.6 Å². The summed E-state index contributed by atoms with van der Waals surface area (Å²) in [5.41, 5.74) is 2.36. The number of thiol groups is 1. The van der Waals surface area contributed by atoms with Crippen LogP contribution < -0.4 is 10.0 Å². The molecule has 3 aromatic rings. The van der Waals surface area contributed by atoms with Crippen LogP contribution in [0.5, 0.6) is 0 Å². The summed E-state index contributed by atoms with van der Waals surface area (Å²) in [5.74, 6) is -1.37. The minimum atomic E-state index is -4.31. The van der Waals surface area contributed by atoms with Crippen molar-refractivity contribution in [2.45, 2.75) is 62.3 Å². The van der Waals surface area contributed by atoms with Gasteiger partial charge in [0.05, 0.1) is 4.90 Å². The Morgan fingerprint density at radius 3 is 2.36 bits per heavy atom. The summed E-state index contributed by atoms with van der Waals surface area (Å²) in [4.78, 5) is 38.9. The average molecular weight is 695 g/mol. The molecule has 242 valence electrons. The molecule has 0 saturated heterocycles. The Balaban J connectivity index is 1.69. The molecule has 0 bridgehead atoms. The zero-order valence-corrected chi connectivity index (χ0v) is 28.2. The summed E-state index contributed by atoms with van der Waals surface area (Å²) in [6.45, 7) is 3.81. The van der Waals surface area contributed by atoms with Gasteiger partial charge in [-0.25, -0.2) is 13.1 Å². The van der Waals surface area contributed by atoms with Gasteiger partial charge in [0.15, 0.2) is 0 Å². The Labute approximate surface area is 279 Å². The number of rotatable bonds is 15. The number of benzene rings is 3. The van der Waals surface area contributed by atoms with Crippen LogP contribution in [0.1, 0.15) is 44.2 Å². The highest BCUT2D eigenvalue weighted by Crippen LogP contribution is 2.33. The van der Waals surface area contributed by atoms with Gasteiger partial charge in [-0.15, -0.1) is 0 Å². The van der Waals surface area contributed by atoms with Gasteiger partial charge in [0.1, 0.15) is 6.10 Å². The van der Waals surface area contributed by atoms with Crippen molar-refractivity contribution in [3.05, 3.63) is 87.9 Å². The van der Waals surface area contributed by atoms with Crippen molar-refractivity contribution in [3.8, 4) is 11.1 Å². The van der Waals surface area contributed by atoms with Gasteiger partial charge in [0.25, 0.3) is 15.9 Å². The van der Waals surface area contributed by atoms with Crippen LogP contribution in [0.2, 0.25) is 10.0 Å². The summed E-state index contributed by atoms with van der Waals surface area (Å²) in [6, 6.07) is 18.5. The second kappa shape index (κ2) is 17.0. The topological polar surface area (TPSA) is 133 Å². The van der Waals surface area contributed by atoms with Crippen LogP contribution in [0.3, 0.4) is 0 Å². The lowest BCUT2D eigenvalue weighted by atomic mass is 10.0. The van der Waals surface area contributed by atoms with Gasteiger partial charge in [-0.3, -0.25) is 14.4 Å². The molecule has 9 nitrogen and oxygen atoms in total. The van der Waals surface area contributed by atoms with Gasteiger partial charge in [-0.2, -0.15) is 12.6 Å². The average Bonchev–Trinajstić information content (AvgIpc) is 2.98. The number of hydrogen-bond acceptors (Lipinski definition) is 7. The van der Waals surface area contributed by atoms with E-state index in [-0.39, 0.29) is 52.1 Å². The molecule has 0 aliphatic rings. The number of aliphatic hydroxyl groups is 1. The number of nitrogens with zero attached hydrogens (tertiary/aromatic N) is 1. The molecule has 45 heavy (non-hydrogen) atoms. The second-order valence-corrected chi connectivity index (χ2v) is 13.8. The lowest BCUT2D eigenvalue weighted by Gasteiger charge is -2.23. The predicted molar refractivity (Wildman–Crippen MR) is 180 cm³/mol. The van der Waals surface area contributed by atoms with Crippen molar-refractivity contribution in [2.24, 2.45) is 0 Å². The maximum atomic E-state index is 12.9. The van der Waals surface area contributed by atoms with Crippen LogP contribution in [0.4, 0.5) is 0 Å². The Morgan fingerprint density at radius 1 is 0.956 bits per heavy atom. The molecule has 3 N–H and O–H groups in total. The van der Waals surface area contributed by atoms with Gasteiger partial charge in [-0.1, -0.05) is 72.6 Å². The molecule has 2 unspecified atom stereocenters. The van der Waals surface area contributed by atoms with E-state index in [0.29, 0.717) is 42.0 Å². The molecule has 0 aliphatic carbocycles. The first-order chi connectivity index (χ1) is 21.3. The standard InChI is InChI=1S/C32H37Cl2N3O6S2/c1-3-7-31(40)37(15-14-30(39)35-19-25(44)17-22-8-6-9-24(33)16-22)20-23-12-13-26(28(34)18-23)27-10-4-5-11-29(27)45(42,43)36-32(41)21(2)38/h4-6,8-13,16,18,21,25,38,44H,3,7,14-15,17,19-20H2,1-2H3,(H,35,39)(H,36,41). The molecule has 0 aliphatic heterocycles. The third-order valence-corrected chi connectivity index (χ3v) is 9.13. The number of amides is 3. The fraction of sp³-hybridized carbons (Fsp3) is 0.344. The zero-order chi connectivity index (χ0) is 33.1. The number of nitrogens with one attached hydrogen (secondary N) is 2. The molecular weight excluding hydrogens is 657 g/mol. The van der Waals surface area contributed by atoms with Crippen molar-refractivity contribution >= 4 is 63.6 Å². The molecule has 0 spiro atoms. The van der Waals surface area contributed by atoms with E-state index < -0.39 is 22.0 Å². The van der Waals surface area contributed by atoms with Crippen molar-refractivity contribution in [3.63, 3.8) is 0 Å². The Bertz CT molecular complexity index is 1620. The van der Waals surface area contributed by atoms with E-state index in [4.69, 9.17) is 23.2 Å². The molecule has 0 radical (unpaired) electrons. The fourth-order valence-electron chi connectivity index (χ4n) is 4.52. The van der Waals surface area contributed by atoms with Crippen LogP contribution in [0.25, 0.3) is 11.1 Å². The quantitative estimate of drug-likeness (QED) is 0.165. The summed E-state index contributed by atoms with van der Waals surface area (Å²) < 4.78 is 27.7. The number of carbonyl (C=O) groups excluding carboxylic acids is 3. The zero-order valence-electron chi connectivity index (χ0n) is 25.0. The molecule has 0 fully saturated rings. The van der Waals surface area contributed by atoms with Crippen LogP contribution in [-0.4, -0.2) is 60.6 Å². The first-order valence-corrected chi connectivity index (χ1v) is 17.2. The predicted octanol–water partition coefficient (Wildman–Crippen LogP) is 5.02. The van der Waals surface area contributed by atoms with E-state index >= 15 is 0 Å². The minimum absolute atomic E-state index is 0.0995. The normalized spacial score (nSPS) is 12.7. The summed E-state index contributed by atoms with van der Waals surface area (Å²) in [5, 5.41) is 13.1. The van der Waals surface area contributed by atoms with Crippen molar-refractivity contribution in [1.82, 2.24) is 14.9 Å². The third kappa shape index (κ3) is 11.0. The highest BCUT2D eigenvalue weighted by Gasteiger charge is 2.25. The van der Waals surface area contributed by atoms with Crippen LogP contribution in [0, 0.1) is 0 Å². The highest BCUT2D eigenvalue weighted by molar-refractivity contribution is 7.90. The van der Waals surface area contributed by atoms with E-state index in [1.165, 1.54) is 12.1 Å². The number of sulfonamides is 1. The highest BCUT2D eigenvalue weighted by atomic mass is 35.5. The van der Waals surface area contributed by atoms with Crippen molar-refractivity contribution in [1.29, 1.82) is 0 Å². The van der Waals surface area contributed by atoms with E-state index in [9.17, 15) is 27.9 Å². The molecule has 3 rings (SSSR count). The minimum Gasteiger partial charge on any atom is -0.384 e. The third-order valence-electron chi connectivity index (χ3n) is 6.81. The van der Waals surface area contributed by atoms with Gasteiger partial charge >= 0.3 is 0 Å². The van der Waals surface area contributed by atoms with E-state index in [1.807, 2.05) is 29.8 Å². The monoisotopic (exact) mass is 693 g/mol. The molecule has 0 heterocycles. The maximum Gasteiger partial charge on any atom is 0.264 e. The smallest absolute Gasteiger partial charge is 0.264 e. The Kier molecular flexibility index (Phi) is 13.7. The van der Waals surface area contributed by atoms with Crippen LogP contribution >= 0.6 is 35.8 Å². The first-order valence-electron chi connectivity index (χ1n) is 14.4. The second-order valence-electron chi connectivity index (χ2n) is 10.6. The molecule has 0 aromatic heterocycles. The molecule has 13 heteroatoms. The van der Waals surface area contributed by atoms with Gasteiger partial charge in [-0.05, 0) is 55.2 Å². The van der Waals surface area contributed by atoms with Crippen molar-refractivity contribution < 1.29 is 27.9 Å². The van der Waals surface area contributed by atoms with Crippen molar-refractivity contribution in [2.75, 3.05) is 13.1 Å².